The van der Waals surface area contributed by atoms with Gasteiger partial charge in [-0.3, -0.25) is 10.1 Å². The van der Waals surface area contributed by atoms with Gasteiger partial charge in [-0.15, -0.1) is 0 Å². The van der Waals surface area contributed by atoms with Crippen LogP contribution in [0.3, 0.4) is 0 Å². The van der Waals surface area contributed by atoms with Crippen LogP contribution in [-0.4, -0.2) is 9.97 Å². The van der Waals surface area contributed by atoms with E-state index < -0.39 is 0 Å². The summed E-state index contributed by atoms with van der Waals surface area (Å²) in [4.78, 5) is 19.8. The number of nitrogens with zero attached hydrogens (tertiary/aromatic N) is 1. The van der Waals surface area contributed by atoms with Crippen LogP contribution in [0, 0.1) is 6.92 Å². The van der Waals surface area contributed by atoms with E-state index >= 15 is 0 Å². The average molecular weight is 355 g/mol. The van der Waals surface area contributed by atoms with Gasteiger partial charge >= 0.3 is 0 Å². The summed E-state index contributed by atoms with van der Waals surface area (Å²) in [6, 6.07) is 26.2. The van der Waals surface area contributed by atoms with Crippen molar-refractivity contribution in [3.8, 4) is 0 Å². The monoisotopic (exact) mass is 355 g/mol. The van der Waals surface area contributed by atoms with Crippen LogP contribution < -0.4 is 10.9 Å². The summed E-state index contributed by atoms with van der Waals surface area (Å²) in [6.45, 7) is 2.55. The summed E-state index contributed by atoms with van der Waals surface area (Å²) >= 11 is 0. The van der Waals surface area contributed by atoms with Crippen LogP contribution in [0.1, 0.15) is 28.6 Å². The van der Waals surface area contributed by atoms with Crippen LogP contribution in [0.4, 0.5) is 0 Å². The molecular formula is C23H21N3O. The van der Waals surface area contributed by atoms with Crippen LogP contribution in [0.25, 0.3) is 10.9 Å². The zero-order valence-corrected chi connectivity index (χ0v) is 15.1. The van der Waals surface area contributed by atoms with Gasteiger partial charge in [0.05, 0.1) is 23.5 Å². The highest BCUT2D eigenvalue weighted by atomic mass is 16.1. The van der Waals surface area contributed by atoms with E-state index in [2.05, 4.69) is 58.6 Å². The number of para-hydroxylation sites is 1. The minimum absolute atomic E-state index is 0.0172. The molecule has 4 heteroatoms. The molecule has 0 aliphatic heterocycles. The van der Waals surface area contributed by atoms with Crippen LogP contribution in [0.15, 0.2) is 83.7 Å². The first kappa shape index (κ1) is 17.2. The molecule has 1 aromatic heterocycles. The Hall–Kier alpha value is -3.24. The predicted octanol–water partition coefficient (Wildman–Crippen LogP) is 4.11. The van der Waals surface area contributed by atoms with Crippen molar-refractivity contribution in [2.24, 2.45) is 0 Å². The summed E-state index contributed by atoms with van der Waals surface area (Å²) < 4.78 is 0. The molecule has 0 aliphatic carbocycles. The maximum Gasteiger partial charge on any atom is 0.258 e. The molecule has 4 aromatic rings. The number of aromatic amines is 1. The van der Waals surface area contributed by atoms with Crippen LogP contribution in [0.2, 0.25) is 0 Å². The summed E-state index contributed by atoms with van der Waals surface area (Å²) in [6.07, 6.45) is 0. The highest BCUT2D eigenvalue weighted by molar-refractivity contribution is 5.77. The second-order valence-corrected chi connectivity index (χ2v) is 6.67. The van der Waals surface area contributed by atoms with Gasteiger partial charge in [0.25, 0.3) is 5.56 Å². The highest BCUT2D eigenvalue weighted by Crippen LogP contribution is 2.22. The van der Waals surface area contributed by atoms with E-state index in [1.54, 1.807) is 6.07 Å². The molecule has 4 nitrogen and oxygen atoms in total. The normalized spacial score (nSPS) is 12.2. The van der Waals surface area contributed by atoms with Gasteiger partial charge in [-0.1, -0.05) is 72.3 Å². The first-order valence-corrected chi connectivity index (χ1v) is 9.03. The molecule has 0 spiro atoms. The molecule has 0 fully saturated rings. The lowest BCUT2D eigenvalue weighted by atomic mass is 9.98. The van der Waals surface area contributed by atoms with E-state index in [1.165, 1.54) is 16.7 Å². The number of aromatic nitrogens is 2. The van der Waals surface area contributed by atoms with Gasteiger partial charge in [0.15, 0.2) is 0 Å². The molecular weight excluding hydrogens is 334 g/mol. The second-order valence-electron chi connectivity index (χ2n) is 6.67. The van der Waals surface area contributed by atoms with E-state index in [0.29, 0.717) is 23.3 Å². The SMILES string of the molecule is Cc1ccc([C@@H](NCc2nc3ccccc3c(=O)[nH]2)c2ccccc2)cc1. The van der Waals surface area contributed by atoms with Gasteiger partial charge in [-0.2, -0.15) is 0 Å². The fraction of sp³-hybridized carbons (Fsp3) is 0.130. The minimum Gasteiger partial charge on any atom is -0.309 e. The highest BCUT2D eigenvalue weighted by Gasteiger charge is 2.14. The van der Waals surface area contributed by atoms with Crippen LogP contribution in [-0.2, 0) is 6.54 Å². The molecule has 0 saturated heterocycles. The lowest BCUT2D eigenvalue weighted by molar-refractivity contribution is 0.587. The van der Waals surface area contributed by atoms with E-state index in [9.17, 15) is 4.79 Å². The Kier molecular flexibility index (Phi) is 4.81. The Morgan fingerprint density at radius 3 is 2.33 bits per heavy atom. The van der Waals surface area contributed by atoms with Crippen molar-refractivity contribution in [3.05, 3.63) is 112 Å². The second kappa shape index (κ2) is 7.56. The van der Waals surface area contributed by atoms with E-state index in [1.807, 2.05) is 36.4 Å². The number of hydrogen-bond donors (Lipinski definition) is 2. The third kappa shape index (κ3) is 3.81. The number of H-pyrrole nitrogens is 1. The van der Waals surface area contributed by atoms with Gasteiger partial charge in [-0.05, 0) is 30.2 Å². The maximum absolute atomic E-state index is 12.3. The molecule has 4 rings (SSSR count). The van der Waals surface area contributed by atoms with Crippen molar-refractivity contribution in [2.75, 3.05) is 0 Å². The number of benzene rings is 3. The zero-order chi connectivity index (χ0) is 18.6. The van der Waals surface area contributed by atoms with Crippen molar-refractivity contribution in [3.63, 3.8) is 0 Å². The molecule has 0 saturated carbocycles. The van der Waals surface area contributed by atoms with Crippen molar-refractivity contribution < 1.29 is 0 Å². The Morgan fingerprint density at radius 1 is 0.889 bits per heavy atom. The standard InChI is InChI=1S/C23H21N3O/c1-16-11-13-18(14-12-16)22(17-7-3-2-4-8-17)24-15-21-25-20-10-6-5-9-19(20)23(27)26-21/h2-14,22,24H,15H2,1H3,(H,25,26,27)/t22-/m0/s1. The molecule has 2 N–H and O–H groups in total. The number of rotatable bonds is 5. The fourth-order valence-corrected chi connectivity index (χ4v) is 3.25. The lowest BCUT2D eigenvalue weighted by Crippen LogP contribution is -2.25. The summed E-state index contributed by atoms with van der Waals surface area (Å²) in [5.74, 6) is 0.631. The molecule has 0 bridgehead atoms. The molecule has 0 radical (unpaired) electrons. The summed E-state index contributed by atoms with van der Waals surface area (Å²) in [5, 5.41) is 4.16. The number of fused-ring (bicyclic) bond motifs is 1. The Morgan fingerprint density at radius 2 is 1.56 bits per heavy atom. The number of nitrogens with one attached hydrogen (secondary N) is 2. The molecule has 1 heterocycles. The molecule has 1 atom stereocenters. The van der Waals surface area contributed by atoms with Crippen LogP contribution >= 0.6 is 0 Å². The Labute approximate surface area is 157 Å². The fourth-order valence-electron chi connectivity index (χ4n) is 3.25. The smallest absolute Gasteiger partial charge is 0.258 e. The zero-order valence-electron chi connectivity index (χ0n) is 15.1. The topological polar surface area (TPSA) is 57.8 Å². The third-order valence-electron chi connectivity index (χ3n) is 4.68. The van der Waals surface area contributed by atoms with Crippen molar-refractivity contribution in [1.29, 1.82) is 0 Å². The van der Waals surface area contributed by atoms with Crippen molar-refractivity contribution in [2.45, 2.75) is 19.5 Å². The van der Waals surface area contributed by atoms with E-state index in [-0.39, 0.29) is 11.6 Å². The predicted molar refractivity (Wildman–Crippen MR) is 109 cm³/mol. The third-order valence-corrected chi connectivity index (χ3v) is 4.68. The van der Waals surface area contributed by atoms with E-state index in [0.717, 1.165) is 0 Å². The number of hydrogen-bond acceptors (Lipinski definition) is 3. The van der Waals surface area contributed by atoms with Gasteiger partial charge in [0.2, 0.25) is 0 Å². The Bertz CT molecular complexity index is 1100. The largest absolute Gasteiger partial charge is 0.309 e. The van der Waals surface area contributed by atoms with Gasteiger partial charge in [0, 0.05) is 0 Å². The molecule has 0 unspecified atom stereocenters. The Balaban J connectivity index is 1.64. The van der Waals surface area contributed by atoms with Crippen molar-refractivity contribution in [1.82, 2.24) is 15.3 Å². The summed E-state index contributed by atoms with van der Waals surface area (Å²) in [7, 11) is 0. The summed E-state index contributed by atoms with van der Waals surface area (Å²) in [5.41, 5.74) is 4.18. The van der Waals surface area contributed by atoms with Crippen LogP contribution in [0.5, 0.6) is 0 Å². The molecule has 134 valence electrons. The van der Waals surface area contributed by atoms with Gasteiger partial charge < -0.3 is 4.98 Å². The molecule has 0 aliphatic rings. The lowest BCUT2D eigenvalue weighted by Gasteiger charge is -2.20. The quantitative estimate of drug-likeness (QED) is 0.566. The minimum atomic E-state index is -0.107. The first-order valence-electron chi connectivity index (χ1n) is 9.03. The molecule has 0 amide bonds. The average Bonchev–Trinajstić information content (AvgIpc) is 2.70. The number of aryl methyl sites for hydroxylation is 1. The molecule has 3 aromatic carbocycles. The first-order chi connectivity index (χ1) is 13.2. The molecule has 27 heavy (non-hydrogen) atoms. The maximum atomic E-state index is 12.3. The van der Waals surface area contributed by atoms with Gasteiger partial charge in [0.1, 0.15) is 5.82 Å². The van der Waals surface area contributed by atoms with E-state index in [4.69, 9.17) is 0 Å². The van der Waals surface area contributed by atoms with Gasteiger partial charge in [-0.25, -0.2) is 4.98 Å². The van der Waals surface area contributed by atoms with Crippen molar-refractivity contribution >= 4 is 10.9 Å².